The maximum Gasteiger partial charge on any atom is 0.262 e. The lowest BCUT2D eigenvalue weighted by atomic mass is 10.0. The van der Waals surface area contributed by atoms with Gasteiger partial charge in [-0.05, 0) is 23.8 Å². The Kier molecular flexibility index (Phi) is 3.69. The van der Waals surface area contributed by atoms with Gasteiger partial charge < -0.3 is 4.42 Å². The number of fused-ring (bicyclic) bond motifs is 1. The first kappa shape index (κ1) is 14.7. The summed E-state index contributed by atoms with van der Waals surface area (Å²) in [7, 11) is -3.93. The SMILES string of the molecule is O=C(NO)[C@H]1Cc2ccoc2CN1S(=O)(=O)c1ccncc1. The van der Waals surface area contributed by atoms with Gasteiger partial charge in [-0.15, -0.1) is 0 Å². The van der Waals surface area contributed by atoms with Crippen LogP contribution in [0.2, 0.25) is 0 Å². The van der Waals surface area contributed by atoms with Gasteiger partial charge in [0.2, 0.25) is 10.0 Å². The molecule has 0 aromatic carbocycles. The predicted molar refractivity (Wildman–Crippen MR) is 73.1 cm³/mol. The van der Waals surface area contributed by atoms with Crippen LogP contribution in [-0.2, 0) is 27.8 Å². The zero-order valence-electron chi connectivity index (χ0n) is 11.3. The van der Waals surface area contributed by atoms with Crippen LogP contribution in [0.5, 0.6) is 0 Å². The van der Waals surface area contributed by atoms with E-state index >= 15 is 0 Å². The summed E-state index contributed by atoms with van der Waals surface area (Å²) in [6, 6.07) is 3.33. The fraction of sp³-hybridized carbons (Fsp3) is 0.231. The van der Waals surface area contributed by atoms with E-state index in [1.165, 1.54) is 36.3 Å². The van der Waals surface area contributed by atoms with Crippen LogP contribution in [0, 0.1) is 0 Å². The van der Waals surface area contributed by atoms with Crippen molar-refractivity contribution in [3.63, 3.8) is 0 Å². The highest BCUT2D eigenvalue weighted by atomic mass is 32.2. The number of hydrogen-bond acceptors (Lipinski definition) is 6. The summed E-state index contributed by atoms with van der Waals surface area (Å²) in [6.45, 7) is -0.0783. The second-order valence-electron chi connectivity index (χ2n) is 4.80. The average molecular weight is 323 g/mol. The molecule has 116 valence electrons. The van der Waals surface area contributed by atoms with Gasteiger partial charge in [-0.2, -0.15) is 4.31 Å². The van der Waals surface area contributed by atoms with E-state index in [-0.39, 0.29) is 17.9 Å². The maximum atomic E-state index is 12.7. The second-order valence-corrected chi connectivity index (χ2v) is 6.69. The number of carbonyl (C=O) groups excluding carboxylic acids is 1. The lowest BCUT2D eigenvalue weighted by molar-refractivity contribution is -0.133. The van der Waals surface area contributed by atoms with Crippen LogP contribution in [0.15, 0.2) is 46.2 Å². The summed E-state index contributed by atoms with van der Waals surface area (Å²) in [5, 5.41) is 8.89. The minimum atomic E-state index is -3.93. The number of rotatable bonds is 3. The number of pyridine rings is 1. The van der Waals surface area contributed by atoms with Crippen molar-refractivity contribution < 1.29 is 22.8 Å². The third-order valence-electron chi connectivity index (χ3n) is 3.57. The molecule has 22 heavy (non-hydrogen) atoms. The van der Waals surface area contributed by atoms with Gasteiger partial charge in [0.1, 0.15) is 11.8 Å². The fourth-order valence-electron chi connectivity index (χ4n) is 2.45. The number of hydrogen-bond donors (Lipinski definition) is 2. The summed E-state index contributed by atoms with van der Waals surface area (Å²) in [4.78, 5) is 15.7. The first-order chi connectivity index (χ1) is 10.5. The molecule has 2 N–H and O–H groups in total. The molecule has 1 aliphatic rings. The van der Waals surface area contributed by atoms with Crippen LogP contribution in [0.3, 0.4) is 0 Å². The number of nitrogens with one attached hydrogen (secondary N) is 1. The number of aromatic nitrogens is 1. The molecule has 3 heterocycles. The zero-order valence-corrected chi connectivity index (χ0v) is 12.2. The summed E-state index contributed by atoms with van der Waals surface area (Å²) in [5.41, 5.74) is 2.27. The molecule has 2 aromatic rings. The highest BCUT2D eigenvalue weighted by Gasteiger charge is 2.40. The monoisotopic (exact) mass is 323 g/mol. The lowest BCUT2D eigenvalue weighted by Gasteiger charge is -2.32. The quantitative estimate of drug-likeness (QED) is 0.620. The normalized spacial score (nSPS) is 18.7. The number of furan rings is 1. The third kappa shape index (κ3) is 2.39. The molecule has 1 aliphatic heterocycles. The Hall–Kier alpha value is -2.23. The van der Waals surface area contributed by atoms with Gasteiger partial charge in [0.25, 0.3) is 5.91 Å². The highest BCUT2D eigenvalue weighted by Crippen LogP contribution is 2.29. The number of nitrogens with zero attached hydrogens (tertiary/aromatic N) is 2. The van der Waals surface area contributed by atoms with E-state index in [9.17, 15) is 13.2 Å². The van der Waals surface area contributed by atoms with E-state index in [1.807, 2.05) is 0 Å². The van der Waals surface area contributed by atoms with Crippen molar-refractivity contribution in [1.29, 1.82) is 0 Å². The van der Waals surface area contributed by atoms with Gasteiger partial charge in [0, 0.05) is 18.8 Å². The minimum absolute atomic E-state index is 0.0215. The summed E-state index contributed by atoms with van der Waals surface area (Å²) >= 11 is 0. The Labute approximate surface area is 126 Å². The molecular weight excluding hydrogens is 310 g/mol. The summed E-state index contributed by atoms with van der Waals surface area (Å²) < 4.78 is 31.8. The number of sulfonamides is 1. The molecule has 0 unspecified atom stereocenters. The first-order valence-electron chi connectivity index (χ1n) is 6.45. The first-order valence-corrected chi connectivity index (χ1v) is 7.89. The van der Waals surface area contributed by atoms with Crippen molar-refractivity contribution in [2.75, 3.05) is 0 Å². The Morgan fingerprint density at radius 2 is 2.09 bits per heavy atom. The second kappa shape index (κ2) is 5.52. The Morgan fingerprint density at radius 1 is 1.36 bits per heavy atom. The minimum Gasteiger partial charge on any atom is -0.468 e. The van der Waals surface area contributed by atoms with E-state index in [0.717, 1.165) is 9.87 Å². The molecule has 1 amide bonds. The van der Waals surface area contributed by atoms with Crippen molar-refractivity contribution in [3.8, 4) is 0 Å². The molecule has 3 rings (SSSR count). The summed E-state index contributed by atoms with van der Waals surface area (Å²) in [6.07, 6.45) is 4.29. The van der Waals surface area contributed by atoms with Crippen molar-refractivity contribution in [1.82, 2.24) is 14.8 Å². The van der Waals surface area contributed by atoms with Crippen LogP contribution in [0.1, 0.15) is 11.3 Å². The van der Waals surface area contributed by atoms with E-state index in [2.05, 4.69) is 4.98 Å². The van der Waals surface area contributed by atoms with Gasteiger partial charge in [-0.3, -0.25) is 15.0 Å². The van der Waals surface area contributed by atoms with Crippen LogP contribution < -0.4 is 5.48 Å². The van der Waals surface area contributed by atoms with E-state index in [4.69, 9.17) is 9.62 Å². The van der Waals surface area contributed by atoms with E-state index in [1.54, 1.807) is 6.07 Å². The van der Waals surface area contributed by atoms with Crippen LogP contribution in [0.4, 0.5) is 0 Å². The highest BCUT2D eigenvalue weighted by molar-refractivity contribution is 7.89. The van der Waals surface area contributed by atoms with Gasteiger partial charge >= 0.3 is 0 Å². The van der Waals surface area contributed by atoms with Crippen molar-refractivity contribution in [2.45, 2.75) is 23.9 Å². The standard InChI is InChI=1S/C13H13N3O5S/c17-13(15-18)11-7-9-3-6-21-12(9)8-16(11)22(19,20)10-1-4-14-5-2-10/h1-6,11,18H,7-8H2,(H,15,17)/t11-/m1/s1. The molecule has 9 heteroatoms. The molecule has 0 saturated carbocycles. The van der Waals surface area contributed by atoms with E-state index < -0.39 is 22.0 Å². The average Bonchev–Trinajstić information content (AvgIpc) is 3.01. The predicted octanol–water partition coefficient (Wildman–Crippen LogP) is 0.296. The van der Waals surface area contributed by atoms with Crippen molar-refractivity contribution >= 4 is 15.9 Å². The van der Waals surface area contributed by atoms with Gasteiger partial charge in [0.05, 0.1) is 17.7 Å². The molecule has 2 aromatic heterocycles. The van der Waals surface area contributed by atoms with E-state index in [0.29, 0.717) is 5.76 Å². The van der Waals surface area contributed by atoms with Crippen LogP contribution in [-0.4, -0.2) is 34.9 Å². The Balaban J connectivity index is 2.05. The number of hydroxylamine groups is 1. The molecule has 0 radical (unpaired) electrons. The molecular formula is C13H13N3O5S. The number of carbonyl (C=O) groups is 1. The number of amides is 1. The molecule has 8 nitrogen and oxygen atoms in total. The topological polar surface area (TPSA) is 113 Å². The Bertz CT molecular complexity index is 787. The summed E-state index contributed by atoms with van der Waals surface area (Å²) in [5.74, 6) is -0.302. The zero-order chi connectivity index (χ0) is 15.7. The molecule has 0 fully saturated rings. The smallest absolute Gasteiger partial charge is 0.262 e. The van der Waals surface area contributed by atoms with Crippen molar-refractivity contribution in [2.24, 2.45) is 0 Å². The van der Waals surface area contributed by atoms with Crippen LogP contribution >= 0.6 is 0 Å². The Morgan fingerprint density at radius 3 is 2.77 bits per heavy atom. The largest absolute Gasteiger partial charge is 0.468 e. The molecule has 1 atom stereocenters. The molecule has 0 aliphatic carbocycles. The molecule has 0 spiro atoms. The molecule has 0 saturated heterocycles. The maximum absolute atomic E-state index is 12.7. The van der Waals surface area contributed by atoms with Gasteiger partial charge in [-0.25, -0.2) is 13.9 Å². The lowest BCUT2D eigenvalue weighted by Crippen LogP contribution is -2.51. The third-order valence-corrected chi connectivity index (χ3v) is 5.44. The van der Waals surface area contributed by atoms with Crippen molar-refractivity contribution in [3.05, 3.63) is 48.2 Å². The molecule has 0 bridgehead atoms. The van der Waals surface area contributed by atoms with Crippen LogP contribution in [0.25, 0.3) is 0 Å². The van der Waals surface area contributed by atoms with Gasteiger partial charge in [0.15, 0.2) is 0 Å². The fourth-order valence-corrected chi connectivity index (χ4v) is 3.97. The van der Waals surface area contributed by atoms with Gasteiger partial charge in [-0.1, -0.05) is 0 Å².